The summed E-state index contributed by atoms with van der Waals surface area (Å²) >= 11 is 0. The van der Waals surface area contributed by atoms with Crippen LogP contribution in [0.5, 0.6) is 0 Å². The molecule has 3 rings (SSSR count). The van der Waals surface area contributed by atoms with E-state index in [1.165, 1.54) is 19.2 Å². The molecular formula is C16H16N2O6. The second-order valence-electron chi connectivity index (χ2n) is 5.72. The number of hydrogen-bond acceptors (Lipinski definition) is 6. The lowest BCUT2D eigenvalue weighted by Gasteiger charge is -2.24. The molecule has 2 aliphatic rings. The van der Waals surface area contributed by atoms with Crippen LogP contribution in [0.25, 0.3) is 0 Å². The molecule has 1 aromatic rings. The summed E-state index contributed by atoms with van der Waals surface area (Å²) in [5, 5.41) is 9.72. The Kier molecular flexibility index (Phi) is 4.06. The van der Waals surface area contributed by atoms with Crippen molar-refractivity contribution in [1.82, 2.24) is 9.80 Å². The molecule has 3 amide bonds. The van der Waals surface area contributed by atoms with E-state index in [9.17, 15) is 24.3 Å². The zero-order valence-electron chi connectivity index (χ0n) is 13.0. The van der Waals surface area contributed by atoms with E-state index in [-0.39, 0.29) is 24.1 Å². The third kappa shape index (κ3) is 2.54. The Morgan fingerprint density at radius 2 is 1.79 bits per heavy atom. The van der Waals surface area contributed by atoms with E-state index >= 15 is 0 Å². The summed E-state index contributed by atoms with van der Waals surface area (Å²) < 4.78 is 4.63. The van der Waals surface area contributed by atoms with Crippen LogP contribution in [0.15, 0.2) is 24.3 Å². The summed E-state index contributed by atoms with van der Waals surface area (Å²) in [5.74, 6) is -2.31. The highest BCUT2D eigenvalue weighted by Crippen LogP contribution is 2.24. The number of rotatable bonds is 3. The van der Waals surface area contributed by atoms with Gasteiger partial charge in [-0.15, -0.1) is 0 Å². The number of carbonyl (C=O) groups excluding carboxylic acids is 4. The fraction of sp³-hybridized carbons (Fsp3) is 0.375. The number of hydrogen-bond donors (Lipinski definition) is 1. The number of aliphatic hydroxyl groups excluding tert-OH is 1. The van der Waals surface area contributed by atoms with Crippen LogP contribution in [0, 0.1) is 0 Å². The molecule has 8 nitrogen and oxygen atoms in total. The molecule has 0 bridgehead atoms. The maximum atomic E-state index is 12.5. The number of carbonyl (C=O) groups is 4. The number of imide groups is 1. The van der Waals surface area contributed by atoms with E-state index < -0.39 is 42.4 Å². The Morgan fingerprint density at radius 3 is 2.33 bits per heavy atom. The Balaban J connectivity index is 1.77. The monoisotopic (exact) mass is 332 g/mol. The fourth-order valence-corrected chi connectivity index (χ4v) is 3.06. The van der Waals surface area contributed by atoms with Gasteiger partial charge in [0.25, 0.3) is 11.8 Å². The summed E-state index contributed by atoms with van der Waals surface area (Å²) in [5.41, 5.74) is 0.502. The smallest absolute Gasteiger partial charge is 0.328 e. The van der Waals surface area contributed by atoms with E-state index in [2.05, 4.69) is 4.74 Å². The van der Waals surface area contributed by atoms with Crippen LogP contribution in [0.2, 0.25) is 0 Å². The van der Waals surface area contributed by atoms with E-state index in [1.54, 1.807) is 12.1 Å². The molecule has 0 spiro atoms. The normalized spacial score (nSPS) is 22.8. The highest BCUT2D eigenvalue weighted by atomic mass is 16.5. The van der Waals surface area contributed by atoms with Gasteiger partial charge in [0.05, 0.1) is 24.3 Å². The van der Waals surface area contributed by atoms with Gasteiger partial charge >= 0.3 is 5.97 Å². The fourth-order valence-electron chi connectivity index (χ4n) is 3.06. The van der Waals surface area contributed by atoms with Crippen molar-refractivity contribution in [1.29, 1.82) is 0 Å². The Labute approximate surface area is 137 Å². The van der Waals surface area contributed by atoms with Crippen molar-refractivity contribution < 1.29 is 29.0 Å². The highest BCUT2D eigenvalue weighted by molar-refractivity contribution is 6.22. The Hall–Kier alpha value is -2.74. The van der Waals surface area contributed by atoms with Gasteiger partial charge in [0, 0.05) is 13.0 Å². The summed E-state index contributed by atoms with van der Waals surface area (Å²) in [6.07, 6.45) is -0.777. The Morgan fingerprint density at radius 1 is 1.21 bits per heavy atom. The van der Waals surface area contributed by atoms with Gasteiger partial charge in [-0.2, -0.15) is 0 Å². The molecule has 1 aromatic carbocycles. The van der Waals surface area contributed by atoms with Gasteiger partial charge in [0.1, 0.15) is 12.6 Å². The summed E-state index contributed by atoms with van der Waals surface area (Å²) in [6.45, 7) is -0.520. The molecule has 0 aliphatic carbocycles. The lowest BCUT2D eigenvalue weighted by atomic mass is 10.1. The average Bonchev–Trinajstić information content (AvgIpc) is 3.08. The van der Waals surface area contributed by atoms with Gasteiger partial charge in [-0.1, -0.05) is 12.1 Å². The zero-order valence-corrected chi connectivity index (χ0v) is 13.0. The minimum absolute atomic E-state index is 0.0399. The van der Waals surface area contributed by atoms with Crippen LogP contribution < -0.4 is 0 Å². The molecule has 2 heterocycles. The molecule has 2 unspecified atom stereocenters. The molecule has 126 valence electrons. The standard InChI is InChI=1S/C16H16N2O6/c1-24-16(23)12-6-9(19)7-17(12)13(20)8-18-14(21)10-4-2-3-5-11(10)15(18)22/h2-5,9,12,19H,6-8H2,1H3. The lowest BCUT2D eigenvalue weighted by molar-refractivity contribution is -0.150. The first-order valence-electron chi connectivity index (χ1n) is 7.44. The van der Waals surface area contributed by atoms with Crippen molar-refractivity contribution in [3.63, 3.8) is 0 Å². The number of likely N-dealkylation sites (tertiary alicyclic amines) is 1. The van der Waals surface area contributed by atoms with Crippen LogP contribution in [-0.4, -0.2) is 70.9 Å². The Bertz CT molecular complexity index is 696. The molecular weight excluding hydrogens is 316 g/mol. The minimum atomic E-state index is -0.910. The maximum Gasteiger partial charge on any atom is 0.328 e. The van der Waals surface area contributed by atoms with Crippen LogP contribution in [0.1, 0.15) is 27.1 Å². The van der Waals surface area contributed by atoms with Gasteiger partial charge in [0.15, 0.2) is 0 Å². The van der Waals surface area contributed by atoms with Crippen molar-refractivity contribution in [2.24, 2.45) is 0 Å². The first-order valence-corrected chi connectivity index (χ1v) is 7.44. The minimum Gasteiger partial charge on any atom is -0.467 e. The number of ether oxygens (including phenoxy) is 1. The van der Waals surface area contributed by atoms with Crippen LogP contribution in [-0.2, 0) is 14.3 Å². The van der Waals surface area contributed by atoms with Gasteiger partial charge in [0.2, 0.25) is 5.91 Å². The van der Waals surface area contributed by atoms with Crippen molar-refractivity contribution in [3.05, 3.63) is 35.4 Å². The van der Waals surface area contributed by atoms with Gasteiger partial charge in [-0.25, -0.2) is 4.79 Å². The summed E-state index contributed by atoms with van der Waals surface area (Å²) in [7, 11) is 1.19. The predicted octanol–water partition coefficient (Wildman–Crippen LogP) is -0.583. The highest BCUT2D eigenvalue weighted by Gasteiger charge is 2.42. The van der Waals surface area contributed by atoms with Crippen LogP contribution in [0.4, 0.5) is 0 Å². The molecule has 0 aromatic heterocycles. The first kappa shape index (κ1) is 16.1. The second kappa shape index (κ2) is 6.04. The molecule has 8 heteroatoms. The van der Waals surface area contributed by atoms with Gasteiger partial charge in [-0.05, 0) is 12.1 Å². The largest absolute Gasteiger partial charge is 0.467 e. The molecule has 1 N–H and O–H groups in total. The summed E-state index contributed by atoms with van der Waals surface area (Å²) in [4.78, 5) is 50.8. The number of esters is 1. The third-order valence-corrected chi connectivity index (χ3v) is 4.24. The average molecular weight is 332 g/mol. The molecule has 0 saturated carbocycles. The number of aliphatic hydroxyl groups is 1. The molecule has 2 aliphatic heterocycles. The SMILES string of the molecule is COC(=O)C1CC(O)CN1C(=O)CN1C(=O)c2ccccc2C1=O. The number of nitrogens with zero attached hydrogens (tertiary/aromatic N) is 2. The first-order chi connectivity index (χ1) is 11.4. The maximum absolute atomic E-state index is 12.5. The van der Waals surface area contributed by atoms with E-state index in [0.717, 1.165) is 9.80 Å². The molecule has 2 atom stereocenters. The van der Waals surface area contributed by atoms with E-state index in [0.29, 0.717) is 0 Å². The van der Waals surface area contributed by atoms with Crippen LogP contribution in [0.3, 0.4) is 0 Å². The number of amides is 3. The van der Waals surface area contributed by atoms with Crippen molar-refractivity contribution >= 4 is 23.7 Å². The van der Waals surface area contributed by atoms with Crippen molar-refractivity contribution in [3.8, 4) is 0 Å². The molecule has 1 fully saturated rings. The molecule has 24 heavy (non-hydrogen) atoms. The van der Waals surface area contributed by atoms with Gasteiger partial charge in [-0.3, -0.25) is 19.3 Å². The predicted molar refractivity (Wildman–Crippen MR) is 79.9 cm³/mol. The van der Waals surface area contributed by atoms with Crippen molar-refractivity contribution in [2.45, 2.75) is 18.6 Å². The number of methoxy groups -OCH3 is 1. The zero-order chi connectivity index (χ0) is 17.4. The number of fused-ring (bicyclic) bond motifs is 1. The number of benzene rings is 1. The lowest BCUT2D eigenvalue weighted by Crippen LogP contribution is -2.47. The third-order valence-electron chi connectivity index (χ3n) is 4.24. The van der Waals surface area contributed by atoms with Crippen molar-refractivity contribution in [2.75, 3.05) is 20.2 Å². The topological polar surface area (TPSA) is 104 Å². The van der Waals surface area contributed by atoms with Crippen LogP contribution >= 0.6 is 0 Å². The second-order valence-corrected chi connectivity index (χ2v) is 5.72. The molecule has 0 radical (unpaired) electrons. The quantitative estimate of drug-likeness (QED) is 0.586. The summed E-state index contributed by atoms with van der Waals surface area (Å²) in [6, 6.07) is 5.42. The van der Waals surface area contributed by atoms with E-state index in [4.69, 9.17) is 0 Å². The molecule has 1 saturated heterocycles. The van der Waals surface area contributed by atoms with E-state index in [1.807, 2.05) is 0 Å². The number of β-amino-alcohol motifs (C(OH)–C–C–N with tert-alkyl or cyclic N) is 1. The van der Waals surface area contributed by atoms with Gasteiger partial charge < -0.3 is 14.7 Å².